The fraction of sp³-hybridized carbons (Fsp3) is 0.167. The normalized spacial score (nSPS) is 11.2. The second-order valence-electron chi connectivity index (χ2n) is 3.24. The maximum absolute atomic E-state index is 13.7. The number of benzene rings is 1. The highest BCUT2D eigenvalue weighted by Gasteiger charge is 2.16. The van der Waals surface area contributed by atoms with Crippen molar-refractivity contribution < 1.29 is 13.9 Å². The summed E-state index contributed by atoms with van der Waals surface area (Å²) in [7, 11) is 1.26. The molecule has 0 fully saturated rings. The first-order valence-corrected chi connectivity index (χ1v) is 5.80. The smallest absolute Gasteiger partial charge is 0.340 e. The van der Waals surface area contributed by atoms with Crippen LogP contribution in [0.15, 0.2) is 20.7 Å². The molecule has 0 aliphatic heterocycles. The molecule has 0 N–H and O–H groups in total. The molecule has 1 aromatic carbocycles. The van der Waals surface area contributed by atoms with Crippen molar-refractivity contribution in [2.45, 2.75) is 6.92 Å². The van der Waals surface area contributed by atoms with Gasteiger partial charge in [0.2, 0.25) is 0 Å². The molecule has 90 valence electrons. The van der Waals surface area contributed by atoms with Gasteiger partial charge in [0.15, 0.2) is 0 Å². The first kappa shape index (κ1) is 13.8. The van der Waals surface area contributed by atoms with Crippen LogP contribution < -0.4 is 0 Å². The minimum Gasteiger partial charge on any atom is -0.465 e. The maximum Gasteiger partial charge on any atom is 0.340 e. The molecule has 0 saturated heterocycles. The van der Waals surface area contributed by atoms with E-state index < -0.39 is 11.8 Å². The number of carbonyl (C=O) groups is 1. The van der Waals surface area contributed by atoms with Crippen molar-refractivity contribution in [2.24, 2.45) is 4.99 Å². The highest BCUT2D eigenvalue weighted by Crippen LogP contribution is 2.30. The highest BCUT2D eigenvalue weighted by molar-refractivity contribution is 14.1. The molecule has 17 heavy (non-hydrogen) atoms. The molecule has 0 unspecified atom stereocenters. The maximum atomic E-state index is 13.7. The Morgan fingerprint density at radius 1 is 1.59 bits per heavy atom. The van der Waals surface area contributed by atoms with Crippen LogP contribution in [-0.4, -0.2) is 19.8 Å². The van der Waals surface area contributed by atoms with Gasteiger partial charge in [0.1, 0.15) is 5.82 Å². The SMILES string of the molecule is C=Nc1c(C(=O)OC)ccc(F)c1/C=C(\C)I. The number of nitrogens with zero attached hydrogens (tertiary/aromatic N) is 1. The second kappa shape index (κ2) is 5.90. The molecule has 0 saturated carbocycles. The zero-order chi connectivity index (χ0) is 13.0. The first-order chi connectivity index (χ1) is 8.01. The van der Waals surface area contributed by atoms with Gasteiger partial charge in [-0.05, 0) is 58.0 Å². The summed E-state index contributed by atoms with van der Waals surface area (Å²) in [6, 6.07) is 2.55. The minimum absolute atomic E-state index is 0.202. The summed E-state index contributed by atoms with van der Waals surface area (Å²) in [4.78, 5) is 15.2. The van der Waals surface area contributed by atoms with Crippen LogP contribution in [0.2, 0.25) is 0 Å². The Labute approximate surface area is 113 Å². The number of hydrogen-bond acceptors (Lipinski definition) is 3. The fourth-order valence-electron chi connectivity index (χ4n) is 1.36. The number of carbonyl (C=O) groups excluding carboxylic acids is 1. The predicted octanol–water partition coefficient (Wildman–Crippen LogP) is 3.74. The van der Waals surface area contributed by atoms with Gasteiger partial charge in [-0.1, -0.05) is 0 Å². The Morgan fingerprint density at radius 3 is 2.71 bits per heavy atom. The van der Waals surface area contributed by atoms with Gasteiger partial charge in [-0.25, -0.2) is 9.18 Å². The number of aliphatic imine (C=N–C) groups is 1. The molecule has 5 heteroatoms. The van der Waals surface area contributed by atoms with Gasteiger partial charge < -0.3 is 4.74 Å². The number of rotatable bonds is 3. The van der Waals surface area contributed by atoms with Gasteiger partial charge in [0.05, 0.1) is 18.4 Å². The third-order valence-electron chi connectivity index (χ3n) is 2.07. The van der Waals surface area contributed by atoms with Crippen LogP contribution in [-0.2, 0) is 4.74 Å². The molecular weight excluding hydrogens is 336 g/mol. The standard InChI is InChI=1S/C12H11FINO2/c1-7(14)6-9-10(13)5-4-8(11(9)15-2)12(16)17-3/h4-6H,2H2,1,3H3/b7-6+. The van der Waals surface area contributed by atoms with E-state index >= 15 is 0 Å². The van der Waals surface area contributed by atoms with Crippen LogP contribution in [0.4, 0.5) is 10.1 Å². The summed E-state index contributed by atoms with van der Waals surface area (Å²) < 4.78 is 19.1. The van der Waals surface area contributed by atoms with Crippen molar-refractivity contribution >= 4 is 47.0 Å². The van der Waals surface area contributed by atoms with Gasteiger partial charge in [-0.15, -0.1) is 0 Å². The van der Waals surface area contributed by atoms with Gasteiger partial charge in [0, 0.05) is 5.56 Å². The third kappa shape index (κ3) is 3.12. The van der Waals surface area contributed by atoms with Crippen molar-refractivity contribution in [3.63, 3.8) is 0 Å². The van der Waals surface area contributed by atoms with E-state index in [-0.39, 0.29) is 16.8 Å². The van der Waals surface area contributed by atoms with Crippen molar-refractivity contribution in [1.29, 1.82) is 0 Å². The molecule has 0 aromatic heterocycles. The molecule has 0 amide bonds. The van der Waals surface area contributed by atoms with E-state index in [0.717, 1.165) is 3.58 Å². The van der Waals surface area contributed by atoms with E-state index in [4.69, 9.17) is 0 Å². The minimum atomic E-state index is -0.562. The van der Waals surface area contributed by atoms with E-state index in [1.165, 1.54) is 19.2 Å². The van der Waals surface area contributed by atoms with E-state index in [9.17, 15) is 9.18 Å². The Morgan fingerprint density at radius 2 is 2.24 bits per heavy atom. The lowest BCUT2D eigenvalue weighted by molar-refractivity contribution is 0.0601. The molecular formula is C12H11FINO2. The van der Waals surface area contributed by atoms with Gasteiger partial charge in [-0.3, -0.25) is 4.99 Å². The quantitative estimate of drug-likeness (QED) is 0.475. The summed E-state index contributed by atoms with van der Waals surface area (Å²) in [5, 5.41) is 0. The Balaban J connectivity index is 3.52. The van der Waals surface area contributed by atoms with E-state index in [2.05, 4.69) is 39.0 Å². The number of halogens is 2. The molecule has 3 nitrogen and oxygen atoms in total. The van der Waals surface area contributed by atoms with Crippen LogP contribution in [0.25, 0.3) is 6.08 Å². The van der Waals surface area contributed by atoms with Gasteiger partial charge in [-0.2, -0.15) is 0 Å². The summed E-state index contributed by atoms with van der Waals surface area (Å²) in [6.45, 7) is 5.18. The number of methoxy groups -OCH3 is 1. The Hall–Kier alpha value is -1.24. The number of allylic oxidation sites excluding steroid dienone is 1. The van der Waals surface area contributed by atoms with Crippen molar-refractivity contribution in [2.75, 3.05) is 7.11 Å². The Bertz CT molecular complexity index is 494. The zero-order valence-corrected chi connectivity index (χ0v) is 11.6. The Kier molecular flexibility index (Phi) is 4.80. The van der Waals surface area contributed by atoms with Crippen molar-refractivity contribution in [3.05, 3.63) is 32.7 Å². The second-order valence-corrected chi connectivity index (χ2v) is 4.94. The van der Waals surface area contributed by atoms with Crippen LogP contribution >= 0.6 is 22.6 Å². The zero-order valence-electron chi connectivity index (χ0n) is 9.46. The molecule has 0 heterocycles. The molecule has 0 spiro atoms. The highest BCUT2D eigenvalue weighted by atomic mass is 127. The first-order valence-electron chi connectivity index (χ1n) is 4.72. The molecule has 0 aliphatic rings. The number of hydrogen-bond donors (Lipinski definition) is 0. The van der Waals surface area contributed by atoms with Crippen LogP contribution in [0.3, 0.4) is 0 Å². The summed E-state index contributed by atoms with van der Waals surface area (Å²) >= 11 is 2.05. The molecule has 0 bridgehead atoms. The lowest BCUT2D eigenvalue weighted by Gasteiger charge is -2.08. The lowest BCUT2D eigenvalue weighted by atomic mass is 10.1. The van der Waals surface area contributed by atoms with Crippen LogP contribution in [0, 0.1) is 5.82 Å². The topological polar surface area (TPSA) is 38.7 Å². The molecule has 1 aromatic rings. The molecule has 0 aliphatic carbocycles. The largest absolute Gasteiger partial charge is 0.465 e. The third-order valence-corrected chi connectivity index (χ3v) is 2.38. The molecule has 1 rings (SSSR count). The average Bonchev–Trinajstić information content (AvgIpc) is 2.30. The number of ether oxygens (including phenoxy) is 1. The predicted molar refractivity (Wildman–Crippen MR) is 74.6 cm³/mol. The summed E-state index contributed by atoms with van der Waals surface area (Å²) in [5.41, 5.74) is 0.649. The van der Waals surface area contributed by atoms with Crippen LogP contribution in [0.1, 0.15) is 22.8 Å². The number of esters is 1. The van der Waals surface area contributed by atoms with Crippen molar-refractivity contribution in [1.82, 2.24) is 0 Å². The van der Waals surface area contributed by atoms with Crippen molar-refractivity contribution in [3.8, 4) is 0 Å². The fourth-order valence-corrected chi connectivity index (χ4v) is 1.68. The van der Waals surface area contributed by atoms with Gasteiger partial charge >= 0.3 is 5.97 Å². The molecule has 0 radical (unpaired) electrons. The van der Waals surface area contributed by atoms with E-state index in [0.29, 0.717) is 0 Å². The van der Waals surface area contributed by atoms with E-state index in [1.54, 1.807) is 6.08 Å². The monoisotopic (exact) mass is 347 g/mol. The van der Waals surface area contributed by atoms with Gasteiger partial charge in [0.25, 0.3) is 0 Å². The lowest BCUT2D eigenvalue weighted by Crippen LogP contribution is -2.03. The summed E-state index contributed by atoms with van der Waals surface area (Å²) in [6.07, 6.45) is 1.60. The molecule has 0 atom stereocenters. The van der Waals surface area contributed by atoms with E-state index in [1.807, 2.05) is 6.92 Å². The average molecular weight is 347 g/mol. The van der Waals surface area contributed by atoms with Crippen LogP contribution in [0.5, 0.6) is 0 Å². The summed E-state index contributed by atoms with van der Waals surface area (Å²) in [5.74, 6) is -1.01.